The van der Waals surface area contributed by atoms with Crippen LogP contribution in [0.2, 0.25) is 0 Å². The maximum Gasteiger partial charge on any atom is 0.418 e. The summed E-state index contributed by atoms with van der Waals surface area (Å²) in [5.74, 6) is -0.606. The summed E-state index contributed by atoms with van der Waals surface area (Å²) < 4.78 is 40.2. The zero-order valence-corrected chi connectivity index (χ0v) is 19.2. The van der Waals surface area contributed by atoms with Gasteiger partial charge in [0.1, 0.15) is 0 Å². The molecule has 0 radical (unpaired) electrons. The number of rotatable bonds is 5. The van der Waals surface area contributed by atoms with Crippen LogP contribution in [0.1, 0.15) is 30.5 Å². The largest absolute Gasteiger partial charge is 0.418 e. The molecule has 34 heavy (non-hydrogen) atoms. The van der Waals surface area contributed by atoms with Gasteiger partial charge >= 0.3 is 6.18 Å². The zero-order chi connectivity index (χ0) is 24.5. The number of hydrogen-bond acceptors (Lipinski definition) is 4. The van der Waals surface area contributed by atoms with Gasteiger partial charge in [-0.25, -0.2) is 0 Å². The summed E-state index contributed by atoms with van der Waals surface area (Å²) in [5.41, 5.74) is -0.671. The first-order valence-electron chi connectivity index (χ1n) is 11.3. The van der Waals surface area contributed by atoms with Crippen molar-refractivity contribution < 1.29 is 22.8 Å². The monoisotopic (exact) mass is 474 g/mol. The van der Waals surface area contributed by atoms with E-state index in [0.717, 1.165) is 24.6 Å². The fourth-order valence-electron chi connectivity index (χ4n) is 5.64. The minimum absolute atomic E-state index is 0.0604. The van der Waals surface area contributed by atoms with E-state index in [1.807, 2.05) is 42.3 Å². The lowest BCUT2D eigenvalue weighted by atomic mass is 9.76. The van der Waals surface area contributed by atoms with Crippen LogP contribution in [0, 0.1) is 5.92 Å². The molecule has 2 heterocycles. The van der Waals surface area contributed by atoms with Crippen LogP contribution in [0.5, 0.6) is 0 Å². The van der Waals surface area contributed by atoms with Gasteiger partial charge in [0.05, 0.1) is 23.3 Å². The molecule has 2 N–H and O–H groups in total. The van der Waals surface area contributed by atoms with E-state index in [-0.39, 0.29) is 30.1 Å². The lowest BCUT2D eigenvalue weighted by Gasteiger charge is -2.44. The number of halogens is 3. The van der Waals surface area contributed by atoms with Crippen molar-refractivity contribution in [3.05, 3.63) is 65.7 Å². The highest BCUT2D eigenvalue weighted by Crippen LogP contribution is 2.47. The van der Waals surface area contributed by atoms with E-state index in [1.165, 1.54) is 25.1 Å². The number of nitrogens with one attached hydrogen (secondary N) is 2. The number of piperidine rings is 1. The zero-order valence-electron chi connectivity index (χ0n) is 19.2. The van der Waals surface area contributed by atoms with Gasteiger partial charge in [-0.05, 0) is 37.7 Å². The Morgan fingerprint density at radius 1 is 1.06 bits per heavy atom. The molecule has 0 saturated carbocycles. The summed E-state index contributed by atoms with van der Waals surface area (Å²) >= 11 is 0. The third-order valence-electron chi connectivity index (χ3n) is 6.76. The lowest BCUT2D eigenvalue weighted by molar-refractivity contribution is -0.137. The molecule has 0 aliphatic carbocycles. The number of likely N-dealkylation sites (tertiary alicyclic amines) is 2. The maximum absolute atomic E-state index is 13.4. The number of alkyl halides is 3. The first-order chi connectivity index (χ1) is 16.1. The molecule has 2 amide bonds. The second-order valence-corrected chi connectivity index (χ2v) is 9.32. The van der Waals surface area contributed by atoms with Crippen molar-refractivity contribution in [2.24, 2.45) is 5.92 Å². The van der Waals surface area contributed by atoms with Crippen molar-refractivity contribution in [3.8, 4) is 0 Å². The van der Waals surface area contributed by atoms with Crippen LogP contribution in [-0.4, -0.2) is 60.4 Å². The Labute approximate surface area is 197 Å². The van der Waals surface area contributed by atoms with E-state index in [9.17, 15) is 22.8 Å². The van der Waals surface area contributed by atoms with Crippen molar-refractivity contribution >= 4 is 17.5 Å². The SMILES string of the molecule is CC(=O)N[C@@]12CN(C)CC[C@@H]1[C@@H](c1ccccc1)N(CC(=O)Nc1ccccc1C(F)(F)F)C2. The molecule has 2 aliphatic rings. The van der Waals surface area contributed by atoms with Crippen LogP contribution in [-0.2, 0) is 15.8 Å². The topological polar surface area (TPSA) is 64.7 Å². The van der Waals surface area contributed by atoms with Crippen molar-refractivity contribution in [1.82, 2.24) is 15.1 Å². The van der Waals surface area contributed by atoms with E-state index in [0.29, 0.717) is 13.1 Å². The molecule has 0 unspecified atom stereocenters. The van der Waals surface area contributed by atoms with Crippen LogP contribution in [0.25, 0.3) is 0 Å². The summed E-state index contributed by atoms with van der Waals surface area (Å²) in [4.78, 5) is 29.3. The highest BCUT2D eigenvalue weighted by atomic mass is 19.4. The number of hydrogen-bond donors (Lipinski definition) is 2. The number of anilines is 1. The average molecular weight is 475 g/mol. The molecule has 2 aromatic rings. The molecular weight excluding hydrogens is 445 g/mol. The Hall–Kier alpha value is -2.91. The van der Waals surface area contributed by atoms with Gasteiger partial charge in [0, 0.05) is 32.0 Å². The minimum atomic E-state index is -4.57. The van der Waals surface area contributed by atoms with Crippen LogP contribution in [0.4, 0.5) is 18.9 Å². The molecule has 182 valence electrons. The number of fused-ring (bicyclic) bond motifs is 1. The number of para-hydroxylation sites is 1. The number of amides is 2. The number of nitrogens with zero attached hydrogens (tertiary/aromatic N) is 2. The highest BCUT2D eigenvalue weighted by molar-refractivity contribution is 5.93. The van der Waals surface area contributed by atoms with Crippen LogP contribution < -0.4 is 10.6 Å². The summed E-state index contributed by atoms with van der Waals surface area (Å²) in [6.07, 6.45) is -3.75. The number of carbonyl (C=O) groups is 2. The van der Waals surface area contributed by atoms with E-state index < -0.39 is 23.2 Å². The molecular formula is C25H29F3N4O2. The predicted molar refractivity (Wildman–Crippen MR) is 123 cm³/mol. The van der Waals surface area contributed by atoms with Gasteiger partial charge in [0.15, 0.2) is 0 Å². The Bertz CT molecular complexity index is 1050. The Morgan fingerprint density at radius 3 is 2.41 bits per heavy atom. The average Bonchev–Trinajstić information content (AvgIpc) is 3.05. The molecule has 0 aromatic heterocycles. The third kappa shape index (κ3) is 4.95. The van der Waals surface area contributed by atoms with Gasteiger partial charge in [0.2, 0.25) is 11.8 Å². The quantitative estimate of drug-likeness (QED) is 0.696. The van der Waals surface area contributed by atoms with E-state index in [4.69, 9.17) is 0 Å². The maximum atomic E-state index is 13.4. The van der Waals surface area contributed by atoms with Gasteiger partial charge in [0.25, 0.3) is 0 Å². The normalized spacial score (nSPS) is 25.6. The molecule has 9 heteroatoms. The molecule has 0 spiro atoms. The Kier molecular flexibility index (Phi) is 6.69. The fraction of sp³-hybridized carbons (Fsp3) is 0.440. The van der Waals surface area contributed by atoms with Crippen LogP contribution in [0.3, 0.4) is 0 Å². The van der Waals surface area contributed by atoms with Gasteiger partial charge < -0.3 is 15.5 Å². The molecule has 2 fully saturated rings. The predicted octanol–water partition coefficient (Wildman–Crippen LogP) is 3.53. The molecule has 6 nitrogen and oxygen atoms in total. The third-order valence-corrected chi connectivity index (χ3v) is 6.76. The standard InChI is InChI=1S/C25H29F3N4O2/c1-17(33)30-24-15-31(2)13-12-20(24)23(18-8-4-3-5-9-18)32(16-24)14-22(34)29-21-11-7-6-10-19(21)25(26,27)28/h3-11,20,23H,12-16H2,1-2H3,(H,29,34)(H,30,33)/t20-,23-,24-/m1/s1. The number of likely N-dealkylation sites (N-methyl/N-ethyl adjacent to an activating group) is 1. The summed E-state index contributed by atoms with van der Waals surface area (Å²) in [6, 6.07) is 14.6. The summed E-state index contributed by atoms with van der Waals surface area (Å²) in [7, 11) is 2.00. The second kappa shape index (κ2) is 9.38. The molecule has 0 bridgehead atoms. The number of carbonyl (C=O) groups excluding carboxylic acids is 2. The van der Waals surface area contributed by atoms with Gasteiger partial charge in [-0.15, -0.1) is 0 Å². The van der Waals surface area contributed by atoms with Crippen LogP contribution in [0.15, 0.2) is 54.6 Å². The molecule has 2 aliphatic heterocycles. The lowest BCUT2D eigenvalue weighted by Crippen LogP contribution is -2.63. The minimum Gasteiger partial charge on any atom is -0.348 e. The Balaban J connectivity index is 1.63. The Morgan fingerprint density at radius 2 is 1.74 bits per heavy atom. The van der Waals surface area contributed by atoms with Crippen LogP contribution >= 0.6 is 0 Å². The summed E-state index contributed by atoms with van der Waals surface area (Å²) in [6.45, 7) is 3.31. The first-order valence-corrected chi connectivity index (χ1v) is 11.3. The molecule has 4 rings (SSSR count). The molecule has 3 atom stereocenters. The van der Waals surface area contributed by atoms with E-state index in [1.54, 1.807) is 0 Å². The number of benzene rings is 2. The van der Waals surface area contributed by atoms with Gasteiger partial charge in [-0.2, -0.15) is 13.2 Å². The molecule has 2 saturated heterocycles. The van der Waals surface area contributed by atoms with Crippen molar-refractivity contribution in [2.45, 2.75) is 31.1 Å². The fourth-order valence-corrected chi connectivity index (χ4v) is 5.64. The van der Waals surface area contributed by atoms with Crippen molar-refractivity contribution in [1.29, 1.82) is 0 Å². The second-order valence-electron chi connectivity index (χ2n) is 9.32. The molecule has 2 aromatic carbocycles. The first kappa shape index (κ1) is 24.2. The smallest absolute Gasteiger partial charge is 0.348 e. The van der Waals surface area contributed by atoms with Gasteiger partial charge in [-0.1, -0.05) is 42.5 Å². The van der Waals surface area contributed by atoms with E-state index >= 15 is 0 Å². The van der Waals surface area contributed by atoms with Gasteiger partial charge in [-0.3, -0.25) is 14.5 Å². The summed E-state index contributed by atoms with van der Waals surface area (Å²) in [5, 5.41) is 5.63. The van der Waals surface area contributed by atoms with E-state index in [2.05, 4.69) is 15.5 Å². The van der Waals surface area contributed by atoms with Crippen molar-refractivity contribution in [3.63, 3.8) is 0 Å². The highest BCUT2D eigenvalue weighted by Gasteiger charge is 2.55. The van der Waals surface area contributed by atoms with Crippen molar-refractivity contribution in [2.75, 3.05) is 38.5 Å².